The van der Waals surface area contributed by atoms with Crippen LogP contribution in [0.3, 0.4) is 0 Å². The Kier molecular flexibility index (Phi) is 4.43. The topological polar surface area (TPSA) is 20.3 Å². The Hall–Kier alpha value is -0.530. The van der Waals surface area contributed by atoms with Gasteiger partial charge in [0.05, 0.1) is 0 Å². The number of hydrogen-bond acceptors (Lipinski definition) is 1. The van der Waals surface area contributed by atoms with Gasteiger partial charge in [0, 0.05) is 19.5 Å². The number of carbonyl (C=O) groups excluding carboxylic acids is 1. The second-order valence-corrected chi connectivity index (χ2v) is 4.85. The quantitative estimate of drug-likeness (QED) is 0.678. The molecule has 0 saturated carbocycles. The third kappa shape index (κ3) is 3.32. The molecule has 1 rings (SSSR count). The molecule has 0 unspecified atom stereocenters. The fraction of sp³-hybridized carbons (Fsp3) is 0.917. The van der Waals surface area contributed by atoms with E-state index < -0.39 is 0 Å². The number of hydrogen-bond donors (Lipinski definition) is 0. The fourth-order valence-electron chi connectivity index (χ4n) is 1.81. The highest BCUT2D eigenvalue weighted by atomic mass is 16.2. The third-order valence-corrected chi connectivity index (χ3v) is 3.41. The first-order chi connectivity index (χ1) is 6.61. The predicted molar refractivity (Wildman–Crippen MR) is 59.1 cm³/mol. The van der Waals surface area contributed by atoms with Crippen LogP contribution in [0.4, 0.5) is 0 Å². The molecule has 2 heteroatoms. The first kappa shape index (κ1) is 11.5. The maximum Gasteiger partial charge on any atom is 0.222 e. The molecule has 14 heavy (non-hydrogen) atoms. The molecule has 0 radical (unpaired) electrons. The molecule has 1 aliphatic rings. The SMILES string of the molecule is CC(C)[C@@H](C)CCC(=O)N1CCCC1. The van der Waals surface area contributed by atoms with Crippen molar-refractivity contribution in [2.45, 2.75) is 46.5 Å². The summed E-state index contributed by atoms with van der Waals surface area (Å²) in [6, 6.07) is 0. The Morgan fingerprint density at radius 3 is 2.29 bits per heavy atom. The lowest BCUT2D eigenvalue weighted by Gasteiger charge is -2.18. The molecule has 1 aliphatic heterocycles. The molecule has 1 amide bonds. The van der Waals surface area contributed by atoms with Gasteiger partial charge in [0.1, 0.15) is 0 Å². The van der Waals surface area contributed by atoms with Gasteiger partial charge in [0.2, 0.25) is 5.91 Å². The lowest BCUT2D eigenvalue weighted by molar-refractivity contribution is -0.130. The highest BCUT2D eigenvalue weighted by Crippen LogP contribution is 2.18. The van der Waals surface area contributed by atoms with Gasteiger partial charge in [-0.1, -0.05) is 20.8 Å². The van der Waals surface area contributed by atoms with Crippen molar-refractivity contribution in [3.05, 3.63) is 0 Å². The van der Waals surface area contributed by atoms with Gasteiger partial charge in [-0.05, 0) is 31.1 Å². The van der Waals surface area contributed by atoms with Crippen LogP contribution in [0.5, 0.6) is 0 Å². The zero-order chi connectivity index (χ0) is 10.6. The fourth-order valence-corrected chi connectivity index (χ4v) is 1.81. The smallest absolute Gasteiger partial charge is 0.222 e. The normalized spacial score (nSPS) is 19.0. The van der Waals surface area contributed by atoms with Gasteiger partial charge in [-0.2, -0.15) is 0 Å². The Labute approximate surface area is 87.7 Å². The van der Waals surface area contributed by atoms with Gasteiger partial charge < -0.3 is 4.90 Å². The molecule has 1 saturated heterocycles. The molecular weight excluding hydrogens is 174 g/mol. The summed E-state index contributed by atoms with van der Waals surface area (Å²) in [6.07, 6.45) is 4.20. The summed E-state index contributed by atoms with van der Waals surface area (Å²) in [7, 11) is 0. The van der Waals surface area contributed by atoms with E-state index in [4.69, 9.17) is 0 Å². The number of carbonyl (C=O) groups is 1. The van der Waals surface area contributed by atoms with Crippen molar-refractivity contribution in [1.82, 2.24) is 4.90 Å². The van der Waals surface area contributed by atoms with Gasteiger partial charge in [-0.3, -0.25) is 4.79 Å². The van der Waals surface area contributed by atoms with Crippen molar-refractivity contribution in [2.75, 3.05) is 13.1 Å². The monoisotopic (exact) mass is 197 g/mol. The summed E-state index contributed by atoms with van der Waals surface area (Å²) in [5, 5.41) is 0. The van der Waals surface area contributed by atoms with Crippen molar-refractivity contribution < 1.29 is 4.79 Å². The summed E-state index contributed by atoms with van der Waals surface area (Å²) in [5.41, 5.74) is 0. The minimum absolute atomic E-state index is 0.370. The first-order valence-corrected chi connectivity index (χ1v) is 5.89. The third-order valence-electron chi connectivity index (χ3n) is 3.41. The van der Waals surface area contributed by atoms with Gasteiger partial charge in [-0.25, -0.2) is 0 Å². The molecule has 0 N–H and O–H groups in total. The van der Waals surface area contributed by atoms with E-state index in [0.29, 0.717) is 17.7 Å². The predicted octanol–water partition coefficient (Wildman–Crippen LogP) is 2.68. The Balaban J connectivity index is 2.20. The molecule has 0 aromatic carbocycles. The van der Waals surface area contributed by atoms with Crippen LogP contribution in [0.25, 0.3) is 0 Å². The molecule has 0 aliphatic carbocycles. The number of likely N-dealkylation sites (tertiary alicyclic amines) is 1. The van der Waals surface area contributed by atoms with Crippen LogP contribution in [-0.2, 0) is 4.79 Å². The lowest BCUT2D eigenvalue weighted by Crippen LogP contribution is -2.27. The van der Waals surface area contributed by atoms with Crippen LogP contribution in [0.15, 0.2) is 0 Å². The second-order valence-electron chi connectivity index (χ2n) is 4.85. The van der Waals surface area contributed by atoms with E-state index >= 15 is 0 Å². The van der Waals surface area contributed by atoms with E-state index in [-0.39, 0.29) is 0 Å². The van der Waals surface area contributed by atoms with E-state index in [1.807, 2.05) is 4.90 Å². The Morgan fingerprint density at radius 2 is 1.79 bits per heavy atom. The zero-order valence-corrected chi connectivity index (χ0v) is 9.75. The summed E-state index contributed by atoms with van der Waals surface area (Å²) >= 11 is 0. The average Bonchev–Trinajstić information content (AvgIpc) is 2.66. The van der Waals surface area contributed by atoms with E-state index in [2.05, 4.69) is 20.8 Å². The van der Waals surface area contributed by atoms with Gasteiger partial charge >= 0.3 is 0 Å². The van der Waals surface area contributed by atoms with E-state index in [1.165, 1.54) is 12.8 Å². The van der Waals surface area contributed by atoms with Crippen molar-refractivity contribution in [2.24, 2.45) is 11.8 Å². The number of rotatable bonds is 4. The van der Waals surface area contributed by atoms with Crippen molar-refractivity contribution in [3.63, 3.8) is 0 Å². The number of nitrogens with zero attached hydrogens (tertiary/aromatic N) is 1. The molecular formula is C12H23NO. The molecule has 1 heterocycles. The Morgan fingerprint density at radius 1 is 1.21 bits per heavy atom. The maximum absolute atomic E-state index is 11.7. The maximum atomic E-state index is 11.7. The van der Waals surface area contributed by atoms with Gasteiger partial charge in [0.25, 0.3) is 0 Å². The van der Waals surface area contributed by atoms with Crippen molar-refractivity contribution in [1.29, 1.82) is 0 Å². The summed E-state index contributed by atoms with van der Waals surface area (Å²) < 4.78 is 0. The standard InChI is InChI=1S/C12H23NO/c1-10(2)11(3)6-7-12(14)13-8-4-5-9-13/h10-11H,4-9H2,1-3H3/t11-/m0/s1. The van der Waals surface area contributed by atoms with Crippen LogP contribution in [-0.4, -0.2) is 23.9 Å². The van der Waals surface area contributed by atoms with Crippen molar-refractivity contribution >= 4 is 5.91 Å². The molecule has 1 fully saturated rings. The molecule has 0 aromatic rings. The van der Waals surface area contributed by atoms with Gasteiger partial charge in [-0.15, -0.1) is 0 Å². The largest absolute Gasteiger partial charge is 0.343 e. The minimum atomic E-state index is 0.370. The van der Waals surface area contributed by atoms with E-state index in [0.717, 1.165) is 25.9 Å². The highest BCUT2D eigenvalue weighted by molar-refractivity contribution is 5.76. The minimum Gasteiger partial charge on any atom is -0.343 e. The zero-order valence-electron chi connectivity index (χ0n) is 9.75. The first-order valence-electron chi connectivity index (χ1n) is 5.89. The lowest BCUT2D eigenvalue weighted by atomic mass is 9.93. The summed E-state index contributed by atoms with van der Waals surface area (Å²) in [6.45, 7) is 8.68. The van der Waals surface area contributed by atoms with Crippen LogP contribution >= 0.6 is 0 Å². The molecule has 1 atom stereocenters. The van der Waals surface area contributed by atoms with Gasteiger partial charge in [0.15, 0.2) is 0 Å². The van der Waals surface area contributed by atoms with Crippen LogP contribution in [0.1, 0.15) is 46.5 Å². The van der Waals surface area contributed by atoms with Crippen LogP contribution in [0.2, 0.25) is 0 Å². The van der Waals surface area contributed by atoms with E-state index in [1.54, 1.807) is 0 Å². The molecule has 0 aromatic heterocycles. The average molecular weight is 197 g/mol. The molecule has 0 bridgehead atoms. The van der Waals surface area contributed by atoms with Crippen LogP contribution in [0, 0.1) is 11.8 Å². The van der Waals surface area contributed by atoms with Crippen molar-refractivity contribution in [3.8, 4) is 0 Å². The number of amides is 1. The molecule has 82 valence electrons. The summed E-state index contributed by atoms with van der Waals surface area (Å²) in [4.78, 5) is 13.7. The molecule has 0 spiro atoms. The van der Waals surface area contributed by atoms with Crippen LogP contribution < -0.4 is 0 Å². The highest BCUT2D eigenvalue weighted by Gasteiger charge is 2.18. The van der Waals surface area contributed by atoms with E-state index in [9.17, 15) is 4.79 Å². The Bertz CT molecular complexity index is 183. The second kappa shape index (κ2) is 5.38. The molecule has 2 nitrogen and oxygen atoms in total. The summed E-state index contributed by atoms with van der Waals surface area (Å²) in [5.74, 6) is 1.73.